The van der Waals surface area contributed by atoms with Crippen molar-refractivity contribution in [2.75, 3.05) is 18.4 Å². The van der Waals surface area contributed by atoms with Gasteiger partial charge in [-0.2, -0.15) is 4.31 Å². The number of carbonyl (C=O) groups excluding carboxylic acids is 1. The molecule has 2 aromatic carbocycles. The molecule has 1 aliphatic heterocycles. The van der Waals surface area contributed by atoms with Crippen LogP contribution < -0.4 is 5.32 Å². The summed E-state index contributed by atoms with van der Waals surface area (Å²) in [5, 5.41) is 2.72. The van der Waals surface area contributed by atoms with E-state index in [9.17, 15) is 17.6 Å². The average Bonchev–Trinajstić information content (AvgIpc) is 2.63. The minimum atomic E-state index is -3.58. The van der Waals surface area contributed by atoms with Gasteiger partial charge in [-0.15, -0.1) is 0 Å². The number of carbonyl (C=O) groups is 1. The van der Waals surface area contributed by atoms with E-state index >= 15 is 0 Å². The number of sulfonamides is 1. The molecule has 0 aromatic heterocycles. The summed E-state index contributed by atoms with van der Waals surface area (Å²) in [7, 11) is -3.58. The average molecular weight is 405 g/mol. The number of piperidine rings is 1. The zero-order valence-electron chi connectivity index (χ0n) is 16.3. The lowest BCUT2D eigenvalue weighted by Crippen LogP contribution is -2.42. The number of aryl methyl sites for hydroxylation is 1. The molecule has 1 amide bonds. The van der Waals surface area contributed by atoms with Gasteiger partial charge in [0.05, 0.1) is 4.90 Å². The summed E-state index contributed by atoms with van der Waals surface area (Å²) in [5.74, 6) is -0.102. The van der Waals surface area contributed by atoms with E-state index in [2.05, 4.69) is 19.2 Å². The number of anilines is 1. The number of hydrogen-bond acceptors (Lipinski definition) is 3. The molecule has 0 spiro atoms. The number of nitrogens with zero attached hydrogens (tertiary/aromatic N) is 1. The molecule has 3 rings (SSSR count). The van der Waals surface area contributed by atoms with E-state index in [1.807, 2.05) is 0 Å². The van der Waals surface area contributed by atoms with E-state index in [0.717, 1.165) is 6.42 Å². The molecule has 7 heteroatoms. The number of benzene rings is 2. The molecule has 0 radical (unpaired) electrons. The largest absolute Gasteiger partial charge is 0.322 e. The van der Waals surface area contributed by atoms with Crippen LogP contribution >= 0.6 is 0 Å². The molecule has 1 N–H and O–H groups in total. The molecule has 0 saturated carbocycles. The highest BCUT2D eigenvalue weighted by molar-refractivity contribution is 7.89. The fraction of sp³-hybridized carbons (Fsp3) is 0.381. The van der Waals surface area contributed by atoms with Crippen LogP contribution in [0.2, 0.25) is 0 Å². The van der Waals surface area contributed by atoms with Crippen LogP contribution in [-0.4, -0.2) is 31.7 Å². The molecule has 0 bridgehead atoms. The van der Waals surface area contributed by atoms with E-state index in [4.69, 9.17) is 0 Å². The summed E-state index contributed by atoms with van der Waals surface area (Å²) < 4.78 is 40.6. The summed E-state index contributed by atoms with van der Waals surface area (Å²) >= 11 is 0. The molecular weight excluding hydrogens is 379 g/mol. The van der Waals surface area contributed by atoms with E-state index in [0.29, 0.717) is 41.7 Å². The minimum Gasteiger partial charge on any atom is -0.322 e. The zero-order valence-corrected chi connectivity index (χ0v) is 17.1. The molecule has 2 aromatic rings. The highest BCUT2D eigenvalue weighted by atomic mass is 32.2. The first-order chi connectivity index (χ1) is 13.2. The lowest BCUT2D eigenvalue weighted by atomic mass is 9.94. The fourth-order valence-electron chi connectivity index (χ4n) is 3.69. The molecule has 1 saturated heterocycles. The molecule has 28 heavy (non-hydrogen) atoms. The van der Waals surface area contributed by atoms with Crippen molar-refractivity contribution in [1.29, 1.82) is 0 Å². The third-order valence-electron chi connectivity index (χ3n) is 5.03. The maximum Gasteiger partial charge on any atom is 0.255 e. The first-order valence-corrected chi connectivity index (χ1v) is 10.8. The van der Waals surface area contributed by atoms with Crippen molar-refractivity contribution in [1.82, 2.24) is 4.31 Å². The third kappa shape index (κ3) is 4.42. The van der Waals surface area contributed by atoms with E-state index in [-0.39, 0.29) is 16.6 Å². The van der Waals surface area contributed by atoms with Gasteiger partial charge in [0.25, 0.3) is 5.91 Å². The Hall–Kier alpha value is -2.25. The van der Waals surface area contributed by atoms with E-state index in [1.165, 1.54) is 46.8 Å². The van der Waals surface area contributed by atoms with Crippen LogP contribution in [0.15, 0.2) is 47.4 Å². The maximum absolute atomic E-state index is 13.2. The second kappa shape index (κ2) is 8.01. The summed E-state index contributed by atoms with van der Waals surface area (Å²) in [4.78, 5) is 12.6. The van der Waals surface area contributed by atoms with Gasteiger partial charge < -0.3 is 5.32 Å². The Bertz CT molecular complexity index is 964. The van der Waals surface area contributed by atoms with Crippen molar-refractivity contribution < 1.29 is 17.6 Å². The van der Waals surface area contributed by atoms with Gasteiger partial charge in [-0.3, -0.25) is 4.79 Å². The molecular formula is C21H25FN2O3S. The predicted molar refractivity (Wildman–Crippen MR) is 107 cm³/mol. The number of nitrogens with one attached hydrogen (secondary N) is 1. The van der Waals surface area contributed by atoms with Gasteiger partial charge in [-0.1, -0.05) is 13.8 Å². The van der Waals surface area contributed by atoms with Gasteiger partial charge >= 0.3 is 0 Å². The SMILES string of the molecule is Cc1cc(F)ccc1NC(=O)c1ccc(S(=O)(=O)N2CC(C)CC(C)C2)cc1. The summed E-state index contributed by atoms with van der Waals surface area (Å²) in [6, 6.07) is 10.0. The predicted octanol–water partition coefficient (Wildman–Crippen LogP) is 4.05. The highest BCUT2D eigenvalue weighted by Gasteiger charge is 2.31. The molecule has 1 fully saturated rings. The Morgan fingerprint density at radius 2 is 1.68 bits per heavy atom. The second-order valence-corrected chi connectivity index (χ2v) is 9.64. The lowest BCUT2D eigenvalue weighted by molar-refractivity contribution is 0.102. The van der Waals surface area contributed by atoms with Gasteiger partial charge in [-0.05, 0) is 73.2 Å². The first-order valence-electron chi connectivity index (χ1n) is 9.34. The van der Waals surface area contributed by atoms with E-state index < -0.39 is 10.0 Å². The topological polar surface area (TPSA) is 66.5 Å². The van der Waals surface area contributed by atoms with Crippen molar-refractivity contribution in [2.24, 2.45) is 11.8 Å². The van der Waals surface area contributed by atoms with Crippen LogP contribution in [0.25, 0.3) is 0 Å². The Labute approximate surface area is 165 Å². The van der Waals surface area contributed by atoms with Crippen LogP contribution in [0.5, 0.6) is 0 Å². The number of rotatable bonds is 4. The molecule has 5 nitrogen and oxygen atoms in total. The van der Waals surface area contributed by atoms with Gasteiger partial charge in [0.2, 0.25) is 10.0 Å². The number of amides is 1. The number of halogens is 1. The van der Waals surface area contributed by atoms with Crippen molar-refractivity contribution in [3.8, 4) is 0 Å². The van der Waals surface area contributed by atoms with Gasteiger partial charge in [-0.25, -0.2) is 12.8 Å². The maximum atomic E-state index is 13.2. The molecule has 1 heterocycles. The van der Waals surface area contributed by atoms with Gasteiger partial charge in [0, 0.05) is 24.3 Å². The molecule has 2 unspecified atom stereocenters. The fourth-order valence-corrected chi connectivity index (χ4v) is 5.37. The zero-order chi connectivity index (χ0) is 20.5. The van der Waals surface area contributed by atoms with Crippen molar-refractivity contribution >= 4 is 21.6 Å². The monoisotopic (exact) mass is 404 g/mol. The summed E-state index contributed by atoms with van der Waals surface area (Å²) in [6.07, 6.45) is 1.02. The third-order valence-corrected chi connectivity index (χ3v) is 6.87. The second-order valence-electron chi connectivity index (χ2n) is 7.71. The van der Waals surface area contributed by atoms with Crippen LogP contribution in [-0.2, 0) is 10.0 Å². The lowest BCUT2D eigenvalue weighted by Gasteiger charge is -2.34. The van der Waals surface area contributed by atoms with Crippen LogP contribution in [0.1, 0.15) is 36.2 Å². The van der Waals surface area contributed by atoms with Crippen molar-refractivity contribution in [3.63, 3.8) is 0 Å². The Morgan fingerprint density at radius 3 is 2.25 bits per heavy atom. The molecule has 2 atom stereocenters. The standard InChI is InChI=1S/C21H25FN2O3S/c1-14-10-15(2)13-24(12-14)28(26,27)19-7-4-17(5-8-19)21(25)23-20-9-6-18(22)11-16(20)3/h4-9,11,14-15H,10,12-13H2,1-3H3,(H,23,25). The first kappa shape index (κ1) is 20.5. The highest BCUT2D eigenvalue weighted by Crippen LogP contribution is 2.27. The molecule has 1 aliphatic rings. The van der Waals surface area contributed by atoms with Crippen LogP contribution in [0.4, 0.5) is 10.1 Å². The van der Waals surface area contributed by atoms with Crippen molar-refractivity contribution in [2.45, 2.75) is 32.1 Å². The number of hydrogen-bond donors (Lipinski definition) is 1. The normalized spacial score (nSPS) is 20.7. The Morgan fingerprint density at radius 1 is 1.07 bits per heavy atom. The Kier molecular flexibility index (Phi) is 5.86. The van der Waals surface area contributed by atoms with Crippen LogP contribution in [0.3, 0.4) is 0 Å². The van der Waals surface area contributed by atoms with Crippen LogP contribution in [0, 0.1) is 24.6 Å². The molecule has 150 valence electrons. The smallest absolute Gasteiger partial charge is 0.255 e. The summed E-state index contributed by atoms with van der Waals surface area (Å²) in [6.45, 7) is 6.85. The molecule has 0 aliphatic carbocycles. The quantitative estimate of drug-likeness (QED) is 0.836. The minimum absolute atomic E-state index is 0.184. The van der Waals surface area contributed by atoms with E-state index in [1.54, 1.807) is 6.92 Å². The van der Waals surface area contributed by atoms with Gasteiger partial charge in [0.1, 0.15) is 5.82 Å². The summed E-state index contributed by atoms with van der Waals surface area (Å²) in [5.41, 5.74) is 1.46. The Balaban J connectivity index is 1.76. The van der Waals surface area contributed by atoms with Gasteiger partial charge in [0.15, 0.2) is 0 Å². The van der Waals surface area contributed by atoms with Crippen molar-refractivity contribution in [3.05, 3.63) is 59.4 Å².